The van der Waals surface area contributed by atoms with Crippen molar-refractivity contribution in [2.24, 2.45) is 5.41 Å². The summed E-state index contributed by atoms with van der Waals surface area (Å²) in [7, 11) is 0. The van der Waals surface area contributed by atoms with Crippen LogP contribution in [0.2, 0.25) is 0 Å². The summed E-state index contributed by atoms with van der Waals surface area (Å²) in [6, 6.07) is 6.54. The molecular formula is C25H22ClF3N4O3. The number of fused-ring (bicyclic) bond motifs is 1. The molecule has 0 amide bonds. The van der Waals surface area contributed by atoms with Gasteiger partial charge >= 0.3 is 12.1 Å². The van der Waals surface area contributed by atoms with Crippen molar-refractivity contribution in [3.63, 3.8) is 0 Å². The van der Waals surface area contributed by atoms with Crippen molar-refractivity contribution in [1.82, 2.24) is 19.9 Å². The lowest BCUT2D eigenvalue weighted by atomic mass is 9.62. The fourth-order valence-electron chi connectivity index (χ4n) is 5.19. The van der Waals surface area contributed by atoms with E-state index in [1.54, 1.807) is 12.1 Å². The van der Waals surface area contributed by atoms with Gasteiger partial charge in [0.1, 0.15) is 16.6 Å². The van der Waals surface area contributed by atoms with Gasteiger partial charge in [-0.1, -0.05) is 43.0 Å². The number of aliphatic carboxylic acids is 1. The number of hydrogen-bond donors (Lipinski definition) is 2. The molecule has 1 fully saturated rings. The number of Topliss-reactive ketones (excluding diaryl/α,β-unsaturated/α-hetero) is 1. The number of halogens is 4. The number of ketones is 1. The van der Waals surface area contributed by atoms with Gasteiger partial charge in [-0.3, -0.25) is 14.3 Å². The molecule has 188 valence electrons. The van der Waals surface area contributed by atoms with Gasteiger partial charge in [-0.15, -0.1) is 0 Å². The number of aromatic nitrogens is 3. The number of carbonyl (C=O) groups is 2. The summed E-state index contributed by atoms with van der Waals surface area (Å²) in [4.78, 5) is 32.1. The van der Waals surface area contributed by atoms with E-state index in [0.29, 0.717) is 24.1 Å². The lowest BCUT2D eigenvalue weighted by Crippen LogP contribution is -2.53. The third-order valence-corrected chi connectivity index (χ3v) is 7.36. The van der Waals surface area contributed by atoms with Gasteiger partial charge in [0.05, 0.1) is 17.1 Å². The van der Waals surface area contributed by atoms with Gasteiger partial charge < -0.3 is 10.4 Å². The molecule has 1 aromatic carbocycles. The van der Waals surface area contributed by atoms with Gasteiger partial charge in [0.25, 0.3) is 0 Å². The number of carboxylic acids is 1. The van der Waals surface area contributed by atoms with Crippen LogP contribution < -0.4 is 5.32 Å². The summed E-state index contributed by atoms with van der Waals surface area (Å²) in [6.45, 7) is 0. The molecule has 2 aromatic heterocycles. The quantitative estimate of drug-likeness (QED) is 0.476. The van der Waals surface area contributed by atoms with E-state index in [4.69, 9.17) is 11.6 Å². The number of alkyl halides is 3. The maximum atomic E-state index is 13.7. The molecule has 2 heterocycles. The molecule has 36 heavy (non-hydrogen) atoms. The van der Waals surface area contributed by atoms with E-state index >= 15 is 0 Å². The Balaban J connectivity index is 1.41. The third kappa shape index (κ3) is 4.03. The zero-order chi connectivity index (χ0) is 25.7. The Morgan fingerprint density at radius 3 is 2.50 bits per heavy atom. The van der Waals surface area contributed by atoms with Crippen molar-refractivity contribution < 1.29 is 27.9 Å². The molecule has 1 saturated carbocycles. The smallest absolute Gasteiger partial charge is 0.450 e. The van der Waals surface area contributed by atoms with Crippen LogP contribution >= 0.6 is 11.6 Å². The van der Waals surface area contributed by atoms with Crippen molar-refractivity contribution in [2.75, 3.05) is 0 Å². The molecular weight excluding hydrogens is 497 g/mol. The largest absolute Gasteiger partial charge is 0.480 e. The highest BCUT2D eigenvalue weighted by atomic mass is 35.5. The number of nitrogens with one attached hydrogen (secondary N) is 1. The summed E-state index contributed by atoms with van der Waals surface area (Å²) >= 11 is 6.19. The standard InChI is InChI=1S/C25H22ClF3N4O3/c26-19-20(24(21(19)34)9-2-1-3-10-24)31-16(22(35)36)12-14-4-6-15(7-5-14)33-18-8-11-30-13-17(18)32-23(33)25(27,28)29/h4-8,11,13,16,31H,1-3,9-10,12H2,(H,35,36)/t16-/m0/s1. The minimum atomic E-state index is -4.68. The van der Waals surface area contributed by atoms with Crippen LogP contribution in [0.1, 0.15) is 43.5 Å². The first-order valence-electron chi connectivity index (χ1n) is 11.6. The molecule has 0 bridgehead atoms. The normalized spacial score (nSPS) is 18.4. The molecule has 0 unspecified atom stereocenters. The molecule has 1 atom stereocenters. The number of hydrogen-bond acceptors (Lipinski definition) is 5. The Hall–Kier alpha value is -3.40. The fraction of sp³-hybridized carbons (Fsp3) is 0.360. The number of carboxylic acid groups (broad SMARTS) is 1. The number of allylic oxidation sites excluding steroid dienone is 2. The molecule has 11 heteroatoms. The predicted octanol–water partition coefficient (Wildman–Crippen LogP) is 5.01. The number of imidazole rings is 1. The second kappa shape index (κ2) is 8.92. The van der Waals surface area contributed by atoms with Crippen molar-refractivity contribution >= 4 is 34.4 Å². The highest BCUT2D eigenvalue weighted by molar-refractivity contribution is 6.47. The van der Waals surface area contributed by atoms with Gasteiger partial charge in [-0.05, 0) is 36.6 Å². The first kappa shape index (κ1) is 24.3. The third-order valence-electron chi connectivity index (χ3n) is 7.00. The summed E-state index contributed by atoms with van der Waals surface area (Å²) in [5, 5.41) is 12.9. The molecule has 0 radical (unpaired) electrons. The molecule has 7 nitrogen and oxygen atoms in total. The number of nitrogens with zero attached hydrogens (tertiary/aromatic N) is 3. The predicted molar refractivity (Wildman–Crippen MR) is 126 cm³/mol. The number of pyridine rings is 1. The van der Waals surface area contributed by atoms with Crippen LogP contribution in [0.4, 0.5) is 13.2 Å². The van der Waals surface area contributed by atoms with Gasteiger partial charge in [0.15, 0.2) is 5.78 Å². The summed E-state index contributed by atoms with van der Waals surface area (Å²) < 4.78 is 42.0. The van der Waals surface area contributed by atoms with E-state index in [9.17, 15) is 27.9 Å². The second-order valence-corrected chi connectivity index (χ2v) is 9.58. The zero-order valence-electron chi connectivity index (χ0n) is 19.0. The van der Waals surface area contributed by atoms with Gasteiger partial charge in [-0.2, -0.15) is 13.2 Å². The van der Waals surface area contributed by atoms with E-state index < -0.39 is 29.4 Å². The molecule has 2 aliphatic rings. The molecule has 1 spiro atoms. The molecule has 2 aliphatic carbocycles. The molecule has 0 aliphatic heterocycles. The van der Waals surface area contributed by atoms with E-state index in [-0.39, 0.29) is 34.0 Å². The Morgan fingerprint density at radius 1 is 1.17 bits per heavy atom. The van der Waals surface area contributed by atoms with Crippen LogP contribution in [0.5, 0.6) is 0 Å². The van der Waals surface area contributed by atoms with Crippen molar-refractivity contribution in [1.29, 1.82) is 0 Å². The fourth-order valence-corrected chi connectivity index (χ4v) is 5.61. The van der Waals surface area contributed by atoms with E-state index in [1.807, 2.05) is 0 Å². The van der Waals surface area contributed by atoms with E-state index in [0.717, 1.165) is 23.8 Å². The first-order valence-corrected chi connectivity index (χ1v) is 11.9. The molecule has 2 N–H and O–H groups in total. The van der Waals surface area contributed by atoms with Gasteiger partial charge in [0.2, 0.25) is 5.82 Å². The average Bonchev–Trinajstić information content (AvgIpc) is 3.27. The summed E-state index contributed by atoms with van der Waals surface area (Å²) in [6.07, 6.45) is 2.08. The van der Waals surface area contributed by atoms with E-state index in [2.05, 4.69) is 15.3 Å². The zero-order valence-corrected chi connectivity index (χ0v) is 19.7. The van der Waals surface area contributed by atoms with Crippen LogP contribution in [0.25, 0.3) is 16.7 Å². The van der Waals surface area contributed by atoms with Crippen LogP contribution in [-0.2, 0) is 22.2 Å². The van der Waals surface area contributed by atoms with Crippen LogP contribution in [-0.4, -0.2) is 37.4 Å². The van der Waals surface area contributed by atoms with Gasteiger partial charge in [-0.25, -0.2) is 9.78 Å². The Kier molecular flexibility index (Phi) is 6.02. The summed E-state index contributed by atoms with van der Waals surface area (Å²) in [5.74, 6) is -2.32. The van der Waals surface area contributed by atoms with Crippen LogP contribution in [0, 0.1) is 5.41 Å². The Bertz CT molecular complexity index is 1380. The van der Waals surface area contributed by atoms with Crippen LogP contribution in [0.3, 0.4) is 0 Å². The minimum absolute atomic E-state index is 0.0499. The second-order valence-electron chi connectivity index (χ2n) is 9.20. The molecule has 0 saturated heterocycles. The summed E-state index contributed by atoms with van der Waals surface area (Å²) in [5.41, 5.74) is 0.962. The monoisotopic (exact) mass is 518 g/mol. The minimum Gasteiger partial charge on any atom is -0.480 e. The topological polar surface area (TPSA) is 97.1 Å². The number of rotatable bonds is 6. The highest BCUT2D eigenvalue weighted by Crippen LogP contribution is 2.53. The SMILES string of the molecule is O=C(O)[C@H](Cc1ccc(-n2c(C(F)(F)F)nc3cnccc32)cc1)NC1=C(Cl)C(=O)C12CCCCC2. The number of carbonyl (C=O) groups excluding carboxylic acids is 1. The molecule has 3 aromatic rings. The maximum absolute atomic E-state index is 13.7. The first-order chi connectivity index (χ1) is 17.1. The molecule has 5 rings (SSSR count). The Labute approximate surface area is 209 Å². The van der Waals surface area contributed by atoms with Crippen molar-refractivity contribution in [2.45, 2.75) is 50.7 Å². The highest BCUT2D eigenvalue weighted by Gasteiger charge is 2.54. The number of benzene rings is 1. The van der Waals surface area contributed by atoms with Gasteiger partial charge in [0, 0.05) is 24.0 Å². The average molecular weight is 519 g/mol. The van der Waals surface area contributed by atoms with Crippen molar-refractivity contribution in [3.8, 4) is 5.69 Å². The maximum Gasteiger partial charge on any atom is 0.450 e. The lowest BCUT2D eigenvalue weighted by Gasteiger charge is -2.45. The Morgan fingerprint density at radius 2 is 1.86 bits per heavy atom. The lowest BCUT2D eigenvalue weighted by molar-refractivity contribution is -0.145. The van der Waals surface area contributed by atoms with Crippen LogP contribution in [0.15, 0.2) is 53.5 Å². The van der Waals surface area contributed by atoms with Crippen molar-refractivity contribution in [3.05, 3.63) is 64.8 Å². The van der Waals surface area contributed by atoms with E-state index in [1.165, 1.54) is 30.6 Å².